The van der Waals surface area contributed by atoms with Crippen LogP contribution >= 0.6 is 34.5 Å². The van der Waals surface area contributed by atoms with E-state index in [0.717, 1.165) is 0 Å². The summed E-state index contributed by atoms with van der Waals surface area (Å²) < 4.78 is 11.0. The average Bonchev–Trinajstić information content (AvgIpc) is 3.33. The molecule has 0 N–H and O–H groups in total. The minimum Gasteiger partial charge on any atom is -0.497 e. The Morgan fingerprint density at radius 1 is 1.11 bits per heavy atom. The van der Waals surface area contributed by atoms with Crippen molar-refractivity contribution >= 4 is 57.0 Å². The largest absolute Gasteiger partial charge is 0.497 e. The molecule has 35 heavy (non-hydrogen) atoms. The first-order valence-corrected chi connectivity index (χ1v) is 11.7. The molecule has 4 rings (SSSR count). The van der Waals surface area contributed by atoms with Gasteiger partial charge in [-0.1, -0.05) is 29.3 Å². The summed E-state index contributed by atoms with van der Waals surface area (Å²) in [4.78, 5) is 29.8. The van der Waals surface area contributed by atoms with Crippen molar-refractivity contribution in [2.75, 3.05) is 18.6 Å². The molecule has 1 amide bonds. The van der Waals surface area contributed by atoms with Crippen LogP contribution in [0.25, 0.3) is 11.3 Å². The highest BCUT2D eigenvalue weighted by Crippen LogP contribution is 2.35. The molecule has 0 bridgehead atoms. The number of amides is 1. The number of nitro groups is 1. The van der Waals surface area contributed by atoms with Gasteiger partial charge in [-0.15, -0.1) is 11.3 Å². The van der Waals surface area contributed by atoms with Gasteiger partial charge in [-0.3, -0.25) is 19.8 Å². The smallest absolute Gasteiger partial charge is 0.271 e. The lowest BCUT2D eigenvalue weighted by atomic mass is 10.1. The predicted molar refractivity (Wildman–Crippen MR) is 136 cm³/mol. The summed E-state index contributed by atoms with van der Waals surface area (Å²) >= 11 is 13.3. The van der Waals surface area contributed by atoms with Gasteiger partial charge in [-0.25, -0.2) is 4.98 Å². The minimum atomic E-state index is -0.466. The van der Waals surface area contributed by atoms with Crippen LogP contribution in [0.15, 0.2) is 72.1 Å². The molecular formula is C24H17Cl2N3O5S. The van der Waals surface area contributed by atoms with E-state index < -0.39 is 10.8 Å². The first-order valence-electron chi connectivity index (χ1n) is 10.1. The molecule has 0 radical (unpaired) electrons. The number of halogens is 2. The number of methoxy groups -OCH3 is 1. The zero-order valence-corrected chi connectivity index (χ0v) is 20.5. The summed E-state index contributed by atoms with van der Waals surface area (Å²) in [6.07, 6.45) is 0. The minimum absolute atomic E-state index is 0.0182. The number of aromatic nitrogens is 1. The van der Waals surface area contributed by atoms with Crippen LogP contribution in [0.2, 0.25) is 10.0 Å². The van der Waals surface area contributed by atoms with Gasteiger partial charge in [0.05, 0.1) is 28.4 Å². The van der Waals surface area contributed by atoms with Crippen molar-refractivity contribution in [2.24, 2.45) is 0 Å². The number of nitro benzene ring substituents is 1. The SMILES string of the molecule is COc1cccc(N(C(=O)COc2ccc(Cl)cc2Cl)c2nc(-c3ccc([N+](=O)[O-])cc3)cs2)c1. The summed E-state index contributed by atoms with van der Waals surface area (Å²) in [5.74, 6) is 0.490. The van der Waals surface area contributed by atoms with Crippen LogP contribution in [0, 0.1) is 10.1 Å². The zero-order chi connectivity index (χ0) is 24.9. The molecule has 1 aromatic heterocycles. The topological polar surface area (TPSA) is 94.8 Å². The van der Waals surface area contributed by atoms with E-state index >= 15 is 0 Å². The Bertz CT molecular complexity index is 1380. The number of carbonyl (C=O) groups is 1. The first-order chi connectivity index (χ1) is 16.9. The van der Waals surface area contributed by atoms with E-state index in [1.165, 1.54) is 41.5 Å². The van der Waals surface area contributed by atoms with Gasteiger partial charge in [0.25, 0.3) is 11.6 Å². The second-order valence-electron chi connectivity index (χ2n) is 7.11. The van der Waals surface area contributed by atoms with Crippen LogP contribution in [0.4, 0.5) is 16.5 Å². The van der Waals surface area contributed by atoms with E-state index in [-0.39, 0.29) is 17.3 Å². The van der Waals surface area contributed by atoms with Gasteiger partial charge < -0.3 is 9.47 Å². The molecule has 0 unspecified atom stereocenters. The van der Waals surface area contributed by atoms with Crippen molar-refractivity contribution in [3.63, 3.8) is 0 Å². The zero-order valence-electron chi connectivity index (χ0n) is 18.2. The fourth-order valence-electron chi connectivity index (χ4n) is 3.16. The molecule has 0 saturated carbocycles. The maximum Gasteiger partial charge on any atom is 0.271 e. The maximum atomic E-state index is 13.3. The van der Waals surface area contributed by atoms with Crippen LogP contribution in [0.5, 0.6) is 11.5 Å². The fourth-order valence-corrected chi connectivity index (χ4v) is 4.49. The van der Waals surface area contributed by atoms with Gasteiger partial charge in [0.2, 0.25) is 0 Å². The van der Waals surface area contributed by atoms with Gasteiger partial charge in [-0.05, 0) is 42.5 Å². The molecule has 0 spiro atoms. The summed E-state index contributed by atoms with van der Waals surface area (Å²) in [6.45, 7) is -0.314. The maximum absolute atomic E-state index is 13.3. The molecule has 0 aliphatic carbocycles. The molecule has 4 aromatic rings. The quantitative estimate of drug-likeness (QED) is 0.184. The van der Waals surface area contributed by atoms with Crippen molar-refractivity contribution in [1.82, 2.24) is 4.98 Å². The monoisotopic (exact) mass is 529 g/mol. The van der Waals surface area contributed by atoms with E-state index in [1.807, 2.05) is 0 Å². The number of non-ortho nitro benzene ring substituents is 1. The summed E-state index contributed by atoms with van der Waals surface area (Å²) in [5, 5.41) is 13.8. The van der Waals surface area contributed by atoms with Crippen molar-refractivity contribution < 1.29 is 19.2 Å². The molecule has 0 fully saturated rings. The number of nitrogens with zero attached hydrogens (tertiary/aromatic N) is 3. The Morgan fingerprint density at radius 3 is 2.57 bits per heavy atom. The fraction of sp³-hybridized carbons (Fsp3) is 0.0833. The lowest BCUT2D eigenvalue weighted by Gasteiger charge is -2.21. The Labute approximate surface area is 214 Å². The Hall–Kier alpha value is -3.66. The van der Waals surface area contributed by atoms with Crippen LogP contribution in [0.3, 0.4) is 0 Å². The van der Waals surface area contributed by atoms with E-state index in [2.05, 4.69) is 4.98 Å². The van der Waals surface area contributed by atoms with Gasteiger partial charge in [0, 0.05) is 34.2 Å². The third-order valence-corrected chi connectivity index (χ3v) is 6.22. The molecule has 0 aliphatic rings. The lowest BCUT2D eigenvalue weighted by molar-refractivity contribution is -0.384. The third kappa shape index (κ3) is 5.71. The highest BCUT2D eigenvalue weighted by Gasteiger charge is 2.23. The van der Waals surface area contributed by atoms with Gasteiger partial charge in [-0.2, -0.15) is 0 Å². The second-order valence-corrected chi connectivity index (χ2v) is 8.79. The number of benzene rings is 3. The van der Waals surface area contributed by atoms with Gasteiger partial charge >= 0.3 is 0 Å². The van der Waals surface area contributed by atoms with Crippen LogP contribution in [0.1, 0.15) is 0 Å². The molecule has 1 heterocycles. The summed E-state index contributed by atoms with van der Waals surface area (Å²) in [7, 11) is 1.53. The molecular weight excluding hydrogens is 513 g/mol. The van der Waals surface area contributed by atoms with Crippen molar-refractivity contribution in [2.45, 2.75) is 0 Å². The molecule has 11 heteroatoms. The summed E-state index contributed by atoms with van der Waals surface area (Å²) in [6, 6.07) is 17.8. The number of ether oxygens (including phenoxy) is 2. The van der Waals surface area contributed by atoms with Crippen molar-refractivity contribution in [3.8, 4) is 22.8 Å². The number of hydrogen-bond donors (Lipinski definition) is 0. The molecule has 0 atom stereocenters. The van der Waals surface area contributed by atoms with Crippen molar-refractivity contribution in [3.05, 3.63) is 92.3 Å². The van der Waals surface area contributed by atoms with E-state index in [9.17, 15) is 14.9 Å². The highest BCUT2D eigenvalue weighted by molar-refractivity contribution is 7.14. The number of thiazole rings is 1. The Kier molecular flexibility index (Phi) is 7.50. The molecule has 178 valence electrons. The standard InChI is InChI=1S/C24H17Cl2N3O5S/c1-33-19-4-2-3-18(12-19)28(23(30)13-34-22-10-7-16(25)11-20(22)26)24-27-21(14-35-24)15-5-8-17(9-6-15)29(31)32/h2-12,14H,13H2,1H3. The number of anilines is 2. The van der Waals surface area contributed by atoms with Gasteiger partial charge in [0.15, 0.2) is 11.7 Å². The highest BCUT2D eigenvalue weighted by atomic mass is 35.5. The third-order valence-electron chi connectivity index (χ3n) is 4.86. The lowest BCUT2D eigenvalue weighted by Crippen LogP contribution is -2.31. The Morgan fingerprint density at radius 2 is 1.89 bits per heavy atom. The van der Waals surface area contributed by atoms with E-state index in [0.29, 0.717) is 38.6 Å². The molecule has 3 aromatic carbocycles. The van der Waals surface area contributed by atoms with Crippen molar-refractivity contribution in [1.29, 1.82) is 0 Å². The molecule has 0 saturated heterocycles. The van der Waals surface area contributed by atoms with Gasteiger partial charge in [0.1, 0.15) is 11.5 Å². The second kappa shape index (κ2) is 10.7. The Balaban J connectivity index is 1.64. The molecule has 8 nitrogen and oxygen atoms in total. The number of carbonyl (C=O) groups excluding carboxylic acids is 1. The first kappa shape index (κ1) is 24.5. The normalized spacial score (nSPS) is 10.6. The summed E-state index contributed by atoms with van der Waals surface area (Å²) in [5.41, 5.74) is 1.77. The number of hydrogen-bond acceptors (Lipinski definition) is 7. The van der Waals surface area contributed by atoms with Crippen LogP contribution in [-0.2, 0) is 4.79 Å². The van der Waals surface area contributed by atoms with Crippen LogP contribution < -0.4 is 14.4 Å². The van der Waals surface area contributed by atoms with Crippen LogP contribution in [-0.4, -0.2) is 29.5 Å². The van der Waals surface area contributed by atoms with E-state index in [4.69, 9.17) is 32.7 Å². The number of rotatable bonds is 8. The average molecular weight is 530 g/mol. The molecule has 0 aliphatic heterocycles. The predicted octanol–water partition coefficient (Wildman–Crippen LogP) is 6.78. The van der Waals surface area contributed by atoms with E-state index in [1.54, 1.807) is 53.9 Å².